The van der Waals surface area contributed by atoms with Gasteiger partial charge in [0.2, 0.25) is 0 Å². The van der Waals surface area contributed by atoms with Gasteiger partial charge in [-0.05, 0) is 0 Å². The quantitative estimate of drug-likeness (QED) is 0.373. The lowest BCUT2D eigenvalue weighted by molar-refractivity contribution is -0.0979. The van der Waals surface area contributed by atoms with Crippen LogP contribution in [0.15, 0.2) is 13.2 Å². The Bertz CT molecular complexity index is 5.25. The molecule has 24 valence electrons. The van der Waals surface area contributed by atoms with Crippen LogP contribution in [-0.4, -0.2) is 6.79 Å². The average molecular weight is 58.1 g/mol. The van der Waals surface area contributed by atoms with Gasteiger partial charge in [-0.25, -0.2) is 0 Å². The second-order valence-electron chi connectivity index (χ2n) is 0. The molecular weight excluding hydrogens is 52.0 g/mol. The lowest BCUT2D eigenvalue weighted by atomic mass is 11.3. The Balaban J connectivity index is 0. The third kappa shape index (κ3) is 0.681. The molecule has 0 unspecified atom stereocenters. The topological polar surface area (TPSA) is 17.1 Å². The molecule has 0 fully saturated rings. The summed E-state index contributed by atoms with van der Waals surface area (Å²) in [5.74, 6) is 0. The Labute approximate surface area is 25.9 Å². The van der Waals surface area contributed by atoms with Crippen molar-refractivity contribution in [2.24, 2.45) is 0 Å². The lowest BCUT2D eigenvalue weighted by Gasteiger charge is -0.837. The second-order valence-corrected chi connectivity index (χ2v) is 0. The Kier molecular flexibility index (Phi) is 34.3. The molecule has 0 aromatic rings. The largest absolute Gasteiger partial charge is 0.307 e. The molecule has 0 atom stereocenters. The maximum absolute atomic E-state index is 8.00. The molecule has 0 aromatic carbocycles. The predicted octanol–water partition coefficient (Wildman–Crippen LogP) is 0.617. The van der Waals surface area contributed by atoms with E-state index < -0.39 is 0 Å². The fraction of sp³-hybridized carbons (Fsp3) is 0. The number of carbonyl (C=O) groups is 1. The molecule has 0 saturated heterocycles. The monoisotopic (exact) mass is 58.0 g/mol. The third-order valence-corrected chi connectivity index (χ3v) is 0. The van der Waals surface area contributed by atoms with Crippen molar-refractivity contribution in [3.63, 3.8) is 0 Å². The first-order valence-electron chi connectivity index (χ1n) is 0.789. The number of carbonyl (C=O) groups excluding carboxylic acids is 1. The Morgan fingerprint density at radius 3 is 1.00 bits per heavy atom. The van der Waals surface area contributed by atoms with Crippen molar-refractivity contribution in [1.82, 2.24) is 0 Å². The molecule has 4 heavy (non-hydrogen) atoms. The van der Waals surface area contributed by atoms with Crippen LogP contribution in [0.25, 0.3) is 0 Å². The summed E-state index contributed by atoms with van der Waals surface area (Å²) in [7, 11) is 0. The van der Waals surface area contributed by atoms with E-state index in [1.807, 2.05) is 6.79 Å². The van der Waals surface area contributed by atoms with Gasteiger partial charge in [-0.3, -0.25) is 0 Å². The van der Waals surface area contributed by atoms with Crippen molar-refractivity contribution in [2.75, 3.05) is 0 Å². The molecule has 0 bridgehead atoms. The molecule has 1 heteroatoms. The molecule has 0 aliphatic rings. The molecule has 0 amide bonds. The van der Waals surface area contributed by atoms with Crippen LogP contribution in [0.5, 0.6) is 0 Å². The van der Waals surface area contributed by atoms with Crippen molar-refractivity contribution in [3.8, 4) is 0 Å². The highest BCUT2D eigenvalue weighted by atomic mass is 16.1. The van der Waals surface area contributed by atoms with Gasteiger partial charge in [-0.2, -0.15) is 0 Å². The summed E-state index contributed by atoms with van der Waals surface area (Å²) in [4.78, 5) is 8.00. The highest BCUT2D eigenvalue weighted by Crippen LogP contribution is 0.862. The molecule has 0 rings (SSSR count). The van der Waals surface area contributed by atoms with E-state index in [0.29, 0.717) is 0 Å². The normalized spacial score (nSPS) is 2.00. The molecule has 0 spiro atoms. The summed E-state index contributed by atoms with van der Waals surface area (Å²) in [6.07, 6.45) is 0. The standard InChI is InChI=1S/C2H4.CH2O/c2*1-2/h1-2H2;1H2. The highest BCUT2D eigenvalue weighted by Gasteiger charge is 0.636. The zero-order valence-electron chi connectivity index (χ0n) is 2.53. The van der Waals surface area contributed by atoms with E-state index in [9.17, 15) is 0 Å². The zero-order chi connectivity index (χ0) is 4.00. The molecule has 0 aliphatic heterocycles. The molecule has 0 N–H and O–H groups in total. The van der Waals surface area contributed by atoms with E-state index in [1.54, 1.807) is 0 Å². The summed E-state index contributed by atoms with van der Waals surface area (Å²) in [6, 6.07) is 0. The van der Waals surface area contributed by atoms with Crippen LogP contribution in [0.3, 0.4) is 0 Å². The van der Waals surface area contributed by atoms with Gasteiger partial charge in [-0.1, -0.05) is 0 Å². The van der Waals surface area contributed by atoms with Gasteiger partial charge in [0.15, 0.2) is 0 Å². The van der Waals surface area contributed by atoms with Crippen LogP contribution in [0, 0.1) is 0 Å². The average Bonchev–Trinajstić information content (AvgIpc) is 1.50. The van der Waals surface area contributed by atoms with E-state index in [0.717, 1.165) is 0 Å². The Morgan fingerprint density at radius 2 is 1.00 bits per heavy atom. The van der Waals surface area contributed by atoms with E-state index in [1.165, 1.54) is 0 Å². The van der Waals surface area contributed by atoms with E-state index in [4.69, 9.17) is 4.79 Å². The van der Waals surface area contributed by atoms with Gasteiger partial charge >= 0.3 is 0 Å². The second kappa shape index (κ2) is 13.8. The fourth-order valence-corrected chi connectivity index (χ4v) is 0. The first-order chi connectivity index (χ1) is 2.00. The predicted molar refractivity (Wildman–Crippen MR) is 18.4 cm³/mol. The van der Waals surface area contributed by atoms with Crippen molar-refractivity contribution < 1.29 is 4.79 Å². The van der Waals surface area contributed by atoms with Crippen molar-refractivity contribution >= 4 is 6.79 Å². The lowest BCUT2D eigenvalue weighted by Crippen LogP contribution is -0.925. The minimum Gasteiger partial charge on any atom is -0.307 e. The smallest absolute Gasteiger partial charge is 0.106 e. The van der Waals surface area contributed by atoms with E-state index in [2.05, 4.69) is 13.2 Å². The summed E-state index contributed by atoms with van der Waals surface area (Å²) in [6.45, 7) is 8.00. The van der Waals surface area contributed by atoms with Crippen LogP contribution in [-0.2, 0) is 4.79 Å². The van der Waals surface area contributed by atoms with Gasteiger partial charge in [0.05, 0.1) is 0 Å². The summed E-state index contributed by atoms with van der Waals surface area (Å²) in [5, 5.41) is 0. The first-order valence-corrected chi connectivity index (χ1v) is 0.789. The van der Waals surface area contributed by atoms with Gasteiger partial charge < -0.3 is 4.79 Å². The molecule has 1 nitrogen and oxygen atoms in total. The number of hydrogen-bond acceptors (Lipinski definition) is 1. The summed E-state index contributed by atoms with van der Waals surface area (Å²) < 4.78 is 0. The van der Waals surface area contributed by atoms with Gasteiger partial charge in [-0.15, -0.1) is 13.2 Å². The van der Waals surface area contributed by atoms with Gasteiger partial charge in [0.1, 0.15) is 6.79 Å². The van der Waals surface area contributed by atoms with Crippen molar-refractivity contribution in [3.05, 3.63) is 13.2 Å². The Morgan fingerprint density at radius 1 is 1.00 bits per heavy atom. The summed E-state index contributed by atoms with van der Waals surface area (Å²) in [5.41, 5.74) is 0. The minimum atomic E-state index is 2.00. The van der Waals surface area contributed by atoms with Crippen LogP contribution in [0.1, 0.15) is 0 Å². The minimum absolute atomic E-state index is 2.00. The zero-order valence-corrected chi connectivity index (χ0v) is 2.53. The van der Waals surface area contributed by atoms with Crippen LogP contribution in [0.2, 0.25) is 0 Å². The molecule has 0 heterocycles. The SMILES string of the molecule is C=C.C=O. The number of rotatable bonds is 0. The molecule has 0 radical (unpaired) electrons. The van der Waals surface area contributed by atoms with Gasteiger partial charge in [0.25, 0.3) is 0 Å². The number of hydrogen-bond donors (Lipinski definition) is 0. The third-order valence-electron chi connectivity index (χ3n) is 0. The van der Waals surface area contributed by atoms with Crippen molar-refractivity contribution in [1.29, 1.82) is 0 Å². The molecule has 0 aromatic heterocycles. The molecule has 0 saturated carbocycles. The van der Waals surface area contributed by atoms with Crippen LogP contribution >= 0.6 is 0 Å². The maximum Gasteiger partial charge on any atom is 0.106 e. The summed E-state index contributed by atoms with van der Waals surface area (Å²) >= 11 is 0. The highest BCUT2D eigenvalue weighted by molar-refractivity contribution is 5.10. The fourth-order valence-electron chi connectivity index (χ4n) is 0. The van der Waals surface area contributed by atoms with Crippen LogP contribution in [0.4, 0.5) is 0 Å². The molecule has 0 aliphatic carbocycles. The molecular formula is C3H6O. The Hall–Kier alpha value is -0.590. The van der Waals surface area contributed by atoms with Crippen LogP contribution < -0.4 is 0 Å². The van der Waals surface area contributed by atoms with Gasteiger partial charge in [0, 0.05) is 0 Å². The van der Waals surface area contributed by atoms with E-state index >= 15 is 0 Å². The van der Waals surface area contributed by atoms with Crippen molar-refractivity contribution in [2.45, 2.75) is 0 Å². The maximum atomic E-state index is 8.00. The van der Waals surface area contributed by atoms with E-state index in [-0.39, 0.29) is 0 Å². The first kappa shape index (κ1) is 9.96.